The fraction of sp³-hybridized carbons (Fsp3) is 0.889. The van der Waals surface area contributed by atoms with Gasteiger partial charge in [-0.15, -0.1) is 0 Å². The van der Waals surface area contributed by atoms with Gasteiger partial charge in [-0.1, -0.05) is 20.3 Å². The summed E-state index contributed by atoms with van der Waals surface area (Å²) in [5, 5.41) is 2.91. The van der Waals surface area contributed by atoms with E-state index < -0.39 is 0 Å². The fourth-order valence-electron chi connectivity index (χ4n) is 3.73. The molecule has 0 spiro atoms. The van der Waals surface area contributed by atoms with E-state index in [1.165, 1.54) is 0 Å². The van der Waals surface area contributed by atoms with E-state index in [4.69, 9.17) is 10.5 Å². The second-order valence-corrected chi connectivity index (χ2v) is 7.00. The van der Waals surface area contributed by atoms with Crippen LogP contribution in [0.2, 0.25) is 0 Å². The Morgan fingerprint density at radius 3 is 2.57 bits per heavy atom. The van der Waals surface area contributed by atoms with E-state index in [2.05, 4.69) is 19.2 Å². The van der Waals surface area contributed by atoms with E-state index in [9.17, 15) is 9.59 Å². The van der Waals surface area contributed by atoms with E-state index in [1.54, 1.807) is 6.92 Å². The van der Waals surface area contributed by atoms with E-state index in [1.807, 2.05) is 6.92 Å². The molecule has 0 bridgehead atoms. The van der Waals surface area contributed by atoms with E-state index in [-0.39, 0.29) is 23.8 Å². The second-order valence-electron chi connectivity index (χ2n) is 7.00. The molecule has 134 valence electrons. The van der Waals surface area contributed by atoms with Crippen molar-refractivity contribution >= 4 is 11.9 Å². The smallest absolute Gasteiger partial charge is 0.308 e. The number of ether oxygens (including phenoxy) is 1. The Balaban J connectivity index is 2.42. The predicted molar refractivity (Wildman–Crippen MR) is 91.7 cm³/mol. The molecule has 1 amide bonds. The fourth-order valence-corrected chi connectivity index (χ4v) is 3.73. The first-order valence-electron chi connectivity index (χ1n) is 9.05. The molecule has 0 aromatic carbocycles. The molecule has 0 heterocycles. The number of carbonyl (C=O) groups excluding carboxylic acids is 2. The molecule has 5 nitrogen and oxygen atoms in total. The van der Waals surface area contributed by atoms with Crippen LogP contribution in [-0.2, 0) is 14.3 Å². The Hall–Kier alpha value is -1.10. The van der Waals surface area contributed by atoms with Crippen LogP contribution < -0.4 is 11.1 Å². The molecule has 0 aromatic rings. The predicted octanol–water partition coefficient (Wildman–Crippen LogP) is 2.48. The zero-order valence-electron chi connectivity index (χ0n) is 15.1. The molecule has 0 saturated heterocycles. The van der Waals surface area contributed by atoms with Gasteiger partial charge in [-0.25, -0.2) is 0 Å². The van der Waals surface area contributed by atoms with Gasteiger partial charge in [0, 0.05) is 19.5 Å². The van der Waals surface area contributed by atoms with Gasteiger partial charge in [-0.2, -0.15) is 0 Å². The molecule has 3 N–H and O–H groups in total. The highest BCUT2D eigenvalue weighted by molar-refractivity contribution is 5.73. The Kier molecular flexibility index (Phi) is 8.59. The molecule has 5 heteroatoms. The van der Waals surface area contributed by atoms with Crippen LogP contribution in [0.4, 0.5) is 0 Å². The largest absolute Gasteiger partial charge is 0.466 e. The van der Waals surface area contributed by atoms with Gasteiger partial charge < -0.3 is 15.8 Å². The van der Waals surface area contributed by atoms with Gasteiger partial charge in [0.2, 0.25) is 5.91 Å². The molecule has 0 aromatic heterocycles. The topological polar surface area (TPSA) is 81.4 Å². The lowest BCUT2D eigenvalue weighted by Crippen LogP contribution is -2.30. The number of hydrogen-bond donors (Lipinski definition) is 2. The lowest BCUT2D eigenvalue weighted by Gasteiger charge is -2.25. The highest BCUT2D eigenvalue weighted by Gasteiger charge is 2.36. The molecule has 1 rings (SSSR count). The first-order valence-corrected chi connectivity index (χ1v) is 9.05. The standard InChI is InChI=1S/C18H34N2O3/c1-5-14(12(3)11-20-13(4)21)7-8-15-9-16(10-17(15)19)18(22)23-6-2/h12,14-17H,5-11,19H2,1-4H3,(H,20,21)/t12?,14?,15-,16-,17-/m1/s1. The first kappa shape index (κ1) is 19.9. The summed E-state index contributed by atoms with van der Waals surface area (Å²) in [6.45, 7) is 8.96. The van der Waals surface area contributed by atoms with Crippen molar-refractivity contribution in [3.8, 4) is 0 Å². The van der Waals surface area contributed by atoms with Crippen LogP contribution >= 0.6 is 0 Å². The van der Waals surface area contributed by atoms with Gasteiger partial charge in [0.15, 0.2) is 0 Å². The number of hydrogen-bond acceptors (Lipinski definition) is 4. The monoisotopic (exact) mass is 326 g/mol. The summed E-state index contributed by atoms with van der Waals surface area (Å²) in [4.78, 5) is 22.9. The molecule has 5 atom stereocenters. The maximum absolute atomic E-state index is 11.9. The molecule has 1 aliphatic carbocycles. The van der Waals surface area contributed by atoms with Crippen molar-refractivity contribution in [2.75, 3.05) is 13.2 Å². The molecular formula is C18H34N2O3. The summed E-state index contributed by atoms with van der Waals surface area (Å²) < 4.78 is 5.13. The number of rotatable bonds is 9. The summed E-state index contributed by atoms with van der Waals surface area (Å²) in [5.74, 6) is 1.37. The lowest BCUT2D eigenvalue weighted by atomic mass is 9.84. The molecule has 2 unspecified atom stereocenters. The molecule has 1 aliphatic rings. The highest BCUT2D eigenvalue weighted by atomic mass is 16.5. The van der Waals surface area contributed by atoms with Crippen LogP contribution in [0.5, 0.6) is 0 Å². The van der Waals surface area contributed by atoms with Crippen LogP contribution in [0.25, 0.3) is 0 Å². The van der Waals surface area contributed by atoms with Gasteiger partial charge in [-0.05, 0) is 50.4 Å². The Labute approximate surface area is 140 Å². The molecule has 1 fully saturated rings. The van der Waals surface area contributed by atoms with Gasteiger partial charge >= 0.3 is 5.97 Å². The minimum atomic E-state index is -0.0866. The van der Waals surface area contributed by atoms with E-state index in [0.717, 1.165) is 38.6 Å². The van der Waals surface area contributed by atoms with Crippen LogP contribution in [0.1, 0.15) is 59.8 Å². The van der Waals surface area contributed by atoms with Crippen molar-refractivity contribution in [3.63, 3.8) is 0 Å². The SMILES string of the molecule is CCOC(=O)[C@@H]1C[C@@H](CCC(CC)C(C)CNC(C)=O)[C@H](N)C1. The van der Waals surface area contributed by atoms with E-state index in [0.29, 0.717) is 24.4 Å². The number of nitrogens with one attached hydrogen (secondary N) is 1. The second kappa shape index (κ2) is 9.91. The van der Waals surface area contributed by atoms with Gasteiger partial charge in [0.1, 0.15) is 0 Å². The van der Waals surface area contributed by atoms with Gasteiger partial charge in [-0.3, -0.25) is 9.59 Å². The molecule has 1 saturated carbocycles. The summed E-state index contributed by atoms with van der Waals surface area (Å²) in [6.07, 6.45) is 4.87. The van der Waals surface area contributed by atoms with Crippen molar-refractivity contribution in [3.05, 3.63) is 0 Å². The zero-order valence-corrected chi connectivity index (χ0v) is 15.1. The summed E-state index contributed by atoms with van der Waals surface area (Å²) >= 11 is 0. The Morgan fingerprint density at radius 2 is 2.00 bits per heavy atom. The quantitative estimate of drug-likeness (QED) is 0.638. The average molecular weight is 326 g/mol. The summed E-state index contributed by atoms with van der Waals surface area (Å²) in [5.41, 5.74) is 6.24. The molecule has 0 aliphatic heterocycles. The third-order valence-electron chi connectivity index (χ3n) is 5.28. The number of carbonyl (C=O) groups is 2. The van der Waals surface area contributed by atoms with Crippen LogP contribution in [0.3, 0.4) is 0 Å². The lowest BCUT2D eigenvalue weighted by molar-refractivity contribution is -0.147. The minimum Gasteiger partial charge on any atom is -0.466 e. The highest BCUT2D eigenvalue weighted by Crippen LogP contribution is 2.36. The van der Waals surface area contributed by atoms with E-state index >= 15 is 0 Å². The maximum atomic E-state index is 11.9. The zero-order chi connectivity index (χ0) is 17.4. The van der Waals surface area contributed by atoms with Gasteiger partial charge in [0.05, 0.1) is 12.5 Å². The van der Waals surface area contributed by atoms with Gasteiger partial charge in [0.25, 0.3) is 0 Å². The van der Waals surface area contributed by atoms with Crippen molar-refractivity contribution in [2.24, 2.45) is 29.4 Å². The Morgan fingerprint density at radius 1 is 1.30 bits per heavy atom. The maximum Gasteiger partial charge on any atom is 0.308 e. The van der Waals surface area contributed by atoms with Crippen molar-refractivity contribution < 1.29 is 14.3 Å². The summed E-state index contributed by atoms with van der Waals surface area (Å²) in [6, 6.07) is 0.104. The third-order valence-corrected chi connectivity index (χ3v) is 5.28. The molecular weight excluding hydrogens is 292 g/mol. The first-order chi connectivity index (χ1) is 10.9. The van der Waals surface area contributed by atoms with Crippen molar-refractivity contribution in [2.45, 2.75) is 65.8 Å². The molecule has 0 radical (unpaired) electrons. The van der Waals surface area contributed by atoms with Crippen molar-refractivity contribution in [1.29, 1.82) is 0 Å². The number of amides is 1. The third kappa shape index (κ3) is 6.50. The van der Waals surface area contributed by atoms with Crippen LogP contribution in [-0.4, -0.2) is 31.1 Å². The normalized spacial score (nSPS) is 26.6. The van der Waals surface area contributed by atoms with Crippen LogP contribution in [0.15, 0.2) is 0 Å². The number of nitrogens with two attached hydrogens (primary N) is 1. The number of esters is 1. The van der Waals surface area contributed by atoms with Crippen LogP contribution in [0, 0.1) is 23.7 Å². The molecule has 23 heavy (non-hydrogen) atoms. The Bertz CT molecular complexity index is 386. The average Bonchev–Trinajstić information content (AvgIpc) is 2.87. The summed E-state index contributed by atoms with van der Waals surface area (Å²) in [7, 11) is 0. The van der Waals surface area contributed by atoms with Crippen molar-refractivity contribution in [1.82, 2.24) is 5.32 Å². The minimum absolute atomic E-state index is 0.0215.